The van der Waals surface area contributed by atoms with Crippen LogP contribution in [0.15, 0.2) is 24.3 Å². The summed E-state index contributed by atoms with van der Waals surface area (Å²) in [6, 6.07) is 5.70. The summed E-state index contributed by atoms with van der Waals surface area (Å²) in [6.45, 7) is 3.42. The third-order valence-electron chi connectivity index (χ3n) is 3.25. The summed E-state index contributed by atoms with van der Waals surface area (Å²) in [5, 5.41) is 19.3. The van der Waals surface area contributed by atoms with Crippen LogP contribution < -0.4 is 4.74 Å². The lowest BCUT2D eigenvalue weighted by Gasteiger charge is -2.29. The molecule has 0 fully saturated rings. The van der Waals surface area contributed by atoms with Crippen LogP contribution in [-0.2, 0) is 9.59 Å². The lowest BCUT2D eigenvalue weighted by molar-refractivity contribution is -0.152. The predicted molar refractivity (Wildman–Crippen MR) is 74.9 cm³/mol. The molecule has 0 saturated carbocycles. The number of rotatable bonds is 3. The van der Waals surface area contributed by atoms with Crippen molar-refractivity contribution in [2.45, 2.75) is 31.9 Å². The van der Waals surface area contributed by atoms with Crippen LogP contribution in [0.5, 0.6) is 5.75 Å². The van der Waals surface area contributed by atoms with Gasteiger partial charge in [0.1, 0.15) is 12.4 Å². The number of nitrogens with zero attached hydrogens (tertiary/aromatic N) is 1. The molecule has 21 heavy (non-hydrogen) atoms. The zero-order valence-electron chi connectivity index (χ0n) is 12.1. The van der Waals surface area contributed by atoms with Gasteiger partial charge in [-0.2, -0.15) is 0 Å². The summed E-state index contributed by atoms with van der Waals surface area (Å²) in [4.78, 5) is 25.2. The highest BCUT2D eigenvalue weighted by Gasteiger charge is 2.36. The first-order valence-electron chi connectivity index (χ1n) is 6.76. The number of benzene rings is 1. The van der Waals surface area contributed by atoms with Gasteiger partial charge in [-0.3, -0.25) is 4.79 Å². The van der Waals surface area contributed by atoms with Gasteiger partial charge in [0.15, 0.2) is 6.04 Å². The van der Waals surface area contributed by atoms with E-state index < -0.39 is 23.5 Å². The van der Waals surface area contributed by atoms with Crippen LogP contribution in [0.1, 0.15) is 31.9 Å². The molecule has 0 bridgehead atoms. The van der Waals surface area contributed by atoms with Crippen molar-refractivity contribution in [2.75, 3.05) is 13.2 Å². The molecule has 1 aromatic carbocycles. The number of aliphatic carboxylic acids is 1. The van der Waals surface area contributed by atoms with Crippen LogP contribution in [0.25, 0.3) is 0 Å². The molecule has 1 aromatic rings. The molecule has 6 nitrogen and oxygen atoms in total. The predicted octanol–water partition coefficient (Wildman–Crippen LogP) is 1.19. The monoisotopic (exact) mass is 293 g/mol. The molecule has 1 aliphatic rings. The van der Waals surface area contributed by atoms with Gasteiger partial charge in [0.2, 0.25) is 5.91 Å². The first kappa shape index (κ1) is 15.3. The van der Waals surface area contributed by atoms with Crippen molar-refractivity contribution in [3.8, 4) is 5.75 Å². The molecule has 2 rings (SSSR count). The van der Waals surface area contributed by atoms with Crippen LogP contribution in [0.3, 0.4) is 0 Å². The minimum atomic E-state index is -1.19. The fourth-order valence-electron chi connectivity index (χ4n) is 2.40. The average molecular weight is 293 g/mol. The Labute approximate surface area is 122 Å². The van der Waals surface area contributed by atoms with E-state index in [1.807, 2.05) is 0 Å². The molecule has 6 heteroatoms. The van der Waals surface area contributed by atoms with Gasteiger partial charge in [-0.1, -0.05) is 18.2 Å². The molecule has 1 unspecified atom stereocenters. The molecule has 2 N–H and O–H groups in total. The Morgan fingerprint density at radius 1 is 1.38 bits per heavy atom. The molecular formula is C15H19NO5. The first-order valence-corrected chi connectivity index (χ1v) is 6.76. The van der Waals surface area contributed by atoms with Gasteiger partial charge in [-0.25, -0.2) is 4.79 Å². The topological polar surface area (TPSA) is 87.1 Å². The van der Waals surface area contributed by atoms with Crippen LogP contribution in [0.2, 0.25) is 0 Å². The number of aliphatic hydroxyl groups is 1. The number of fused-ring (bicyclic) bond motifs is 1. The minimum Gasteiger partial charge on any atom is -0.491 e. The second-order valence-electron chi connectivity index (χ2n) is 5.70. The quantitative estimate of drug-likeness (QED) is 0.874. The molecule has 1 aliphatic heterocycles. The third-order valence-corrected chi connectivity index (χ3v) is 3.25. The van der Waals surface area contributed by atoms with Gasteiger partial charge >= 0.3 is 5.97 Å². The minimum absolute atomic E-state index is 0.140. The van der Waals surface area contributed by atoms with Crippen molar-refractivity contribution in [3.05, 3.63) is 29.8 Å². The van der Waals surface area contributed by atoms with Crippen LogP contribution in [0, 0.1) is 0 Å². The number of hydrogen-bond donors (Lipinski definition) is 2. The van der Waals surface area contributed by atoms with Gasteiger partial charge in [-0.05, 0) is 19.9 Å². The summed E-state index contributed by atoms with van der Waals surface area (Å²) in [5.41, 5.74) is -0.737. The first-order chi connectivity index (χ1) is 9.79. The van der Waals surface area contributed by atoms with E-state index in [0.717, 1.165) is 0 Å². The smallest absolute Gasteiger partial charge is 0.331 e. The lowest BCUT2D eigenvalue weighted by atomic mass is 10.0. The van der Waals surface area contributed by atoms with Crippen LogP contribution >= 0.6 is 0 Å². The zero-order chi connectivity index (χ0) is 15.6. The molecular weight excluding hydrogens is 274 g/mol. The Hall–Kier alpha value is -2.08. The summed E-state index contributed by atoms with van der Waals surface area (Å²) in [5.74, 6) is -1.05. The average Bonchev–Trinajstić information content (AvgIpc) is 2.55. The fourth-order valence-corrected chi connectivity index (χ4v) is 2.40. The molecule has 0 aromatic heterocycles. The summed E-state index contributed by atoms with van der Waals surface area (Å²) in [7, 11) is 0. The van der Waals surface area contributed by atoms with E-state index in [9.17, 15) is 19.8 Å². The van der Waals surface area contributed by atoms with Gasteiger partial charge in [0.05, 0.1) is 18.6 Å². The van der Waals surface area contributed by atoms with Crippen LogP contribution in [-0.4, -0.2) is 45.7 Å². The highest BCUT2D eigenvalue weighted by Crippen LogP contribution is 2.33. The lowest BCUT2D eigenvalue weighted by Crippen LogP contribution is -2.42. The third kappa shape index (κ3) is 3.52. The van der Waals surface area contributed by atoms with E-state index in [2.05, 4.69) is 0 Å². The van der Waals surface area contributed by atoms with Gasteiger partial charge in [0.25, 0.3) is 0 Å². The second-order valence-corrected chi connectivity index (χ2v) is 5.70. The molecule has 0 radical (unpaired) electrons. The van der Waals surface area contributed by atoms with E-state index in [-0.39, 0.29) is 19.6 Å². The van der Waals surface area contributed by atoms with E-state index in [1.165, 1.54) is 18.7 Å². The SMILES string of the molecule is CC(C)(O)CC(=O)N1CCOc2ccccc2C1C(=O)O. The number of carboxylic acid groups (broad SMARTS) is 1. The van der Waals surface area contributed by atoms with Crippen molar-refractivity contribution in [3.63, 3.8) is 0 Å². The zero-order valence-corrected chi connectivity index (χ0v) is 12.1. The van der Waals surface area contributed by atoms with Crippen molar-refractivity contribution in [1.82, 2.24) is 4.90 Å². The Morgan fingerprint density at radius 3 is 2.67 bits per heavy atom. The number of ether oxygens (including phenoxy) is 1. The van der Waals surface area contributed by atoms with Crippen LogP contribution in [0.4, 0.5) is 0 Å². The van der Waals surface area contributed by atoms with E-state index in [0.29, 0.717) is 11.3 Å². The number of carbonyl (C=O) groups excluding carboxylic acids is 1. The Morgan fingerprint density at radius 2 is 2.05 bits per heavy atom. The summed E-state index contributed by atoms with van der Waals surface area (Å²) >= 11 is 0. The number of para-hydroxylation sites is 1. The summed E-state index contributed by atoms with van der Waals surface area (Å²) < 4.78 is 5.52. The van der Waals surface area contributed by atoms with E-state index >= 15 is 0 Å². The number of hydrogen-bond acceptors (Lipinski definition) is 4. The van der Waals surface area contributed by atoms with Crippen molar-refractivity contribution in [2.24, 2.45) is 0 Å². The molecule has 1 amide bonds. The molecule has 0 aliphatic carbocycles. The molecule has 1 heterocycles. The second kappa shape index (κ2) is 5.73. The van der Waals surface area contributed by atoms with E-state index in [1.54, 1.807) is 24.3 Å². The molecule has 0 saturated heterocycles. The van der Waals surface area contributed by atoms with Gasteiger partial charge < -0.3 is 19.8 Å². The highest BCUT2D eigenvalue weighted by molar-refractivity contribution is 5.86. The van der Waals surface area contributed by atoms with Crippen molar-refractivity contribution >= 4 is 11.9 Å². The Balaban J connectivity index is 2.37. The molecule has 114 valence electrons. The maximum Gasteiger partial charge on any atom is 0.331 e. The maximum atomic E-state index is 12.3. The van der Waals surface area contributed by atoms with Gasteiger partial charge in [-0.15, -0.1) is 0 Å². The highest BCUT2D eigenvalue weighted by atomic mass is 16.5. The largest absolute Gasteiger partial charge is 0.491 e. The van der Waals surface area contributed by atoms with Crippen molar-refractivity contribution < 1.29 is 24.5 Å². The normalized spacial score (nSPS) is 18.4. The Bertz CT molecular complexity index is 549. The fraction of sp³-hybridized carbons (Fsp3) is 0.467. The van der Waals surface area contributed by atoms with E-state index in [4.69, 9.17) is 4.74 Å². The van der Waals surface area contributed by atoms with Crippen molar-refractivity contribution in [1.29, 1.82) is 0 Å². The molecule has 0 spiro atoms. The number of carbonyl (C=O) groups is 2. The van der Waals surface area contributed by atoms with Gasteiger partial charge in [0, 0.05) is 5.56 Å². The summed E-state index contributed by atoms with van der Waals surface area (Å²) in [6.07, 6.45) is -0.140. The standard InChI is InChI=1S/C15H19NO5/c1-15(2,20)9-12(17)16-7-8-21-11-6-4-3-5-10(11)13(16)14(18)19/h3-6,13,20H,7-9H2,1-2H3,(H,18,19). The maximum absolute atomic E-state index is 12.3. The number of carboxylic acids is 1. The molecule has 1 atom stereocenters. The Kier molecular flexibility index (Phi) is 4.18. The number of amides is 1.